The highest BCUT2D eigenvalue weighted by Crippen LogP contribution is 2.25. The number of nitrogens with two attached hydrogens (primary N) is 1. The molecule has 8 nitrogen and oxygen atoms in total. The average molecular weight is 417 g/mol. The normalized spacial score (nSPS) is 17.0. The Kier molecular flexibility index (Phi) is 7.07. The third kappa shape index (κ3) is 5.33. The van der Waals surface area contributed by atoms with Gasteiger partial charge in [-0.3, -0.25) is 4.79 Å². The molecule has 1 heterocycles. The van der Waals surface area contributed by atoms with Crippen LogP contribution in [0.2, 0.25) is 5.02 Å². The van der Waals surface area contributed by atoms with Gasteiger partial charge in [-0.2, -0.15) is 4.31 Å². The highest BCUT2D eigenvalue weighted by molar-refractivity contribution is 7.89. The van der Waals surface area contributed by atoms with Crippen molar-refractivity contribution in [3.8, 4) is 0 Å². The molecule has 27 heavy (non-hydrogen) atoms. The molecule has 1 aromatic rings. The van der Waals surface area contributed by atoms with Gasteiger partial charge in [0.1, 0.15) is 10.9 Å². The SMILES string of the molecule is CC(C)CC(NC(N)=O)C(=O)N1CCN(S(=O)(=O)c2ccccc2Cl)CC1. The van der Waals surface area contributed by atoms with E-state index in [-0.39, 0.29) is 47.9 Å². The van der Waals surface area contributed by atoms with Crippen molar-refractivity contribution in [1.29, 1.82) is 0 Å². The van der Waals surface area contributed by atoms with Gasteiger partial charge in [0.05, 0.1) is 5.02 Å². The van der Waals surface area contributed by atoms with Crippen molar-refractivity contribution in [2.24, 2.45) is 11.7 Å². The van der Waals surface area contributed by atoms with Crippen molar-refractivity contribution in [3.05, 3.63) is 29.3 Å². The Balaban J connectivity index is 2.06. The molecule has 10 heteroatoms. The number of rotatable bonds is 6. The zero-order chi connectivity index (χ0) is 20.2. The van der Waals surface area contributed by atoms with Crippen LogP contribution in [-0.4, -0.2) is 61.8 Å². The number of urea groups is 1. The molecule has 2 rings (SSSR count). The van der Waals surface area contributed by atoms with Crippen molar-refractivity contribution < 1.29 is 18.0 Å². The van der Waals surface area contributed by atoms with E-state index in [0.717, 1.165) is 0 Å². The first-order valence-electron chi connectivity index (χ1n) is 8.72. The zero-order valence-electron chi connectivity index (χ0n) is 15.4. The van der Waals surface area contributed by atoms with E-state index in [0.29, 0.717) is 6.42 Å². The molecule has 0 saturated carbocycles. The van der Waals surface area contributed by atoms with Gasteiger partial charge in [-0.25, -0.2) is 13.2 Å². The van der Waals surface area contributed by atoms with Crippen molar-refractivity contribution in [1.82, 2.24) is 14.5 Å². The van der Waals surface area contributed by atoms with Crippen LogP contribution in [0, 0.1) is 5.92 Å². The Labute approximate surface area is 164 Å². The van der Waals surface area contributed by atoms with Gasteiger partial charge in [0.2, 0.25) is 15.9 Å². The van der Waals surface area contributed by atoms with Crippen molar-refractivity contribution in [3.63, 3.8) is 0 Å². The van der Waals surface area contributed by atoms with Crippen LogP contribution in [0.1, 0.15) is 20.3 Å². The summed E-state index contributed by atoms with van der Waals surface area (Å²) in [5.41, 5.74) is 5.17. The van der Waals surface area contributed by atoms with Crippen molar-refractivity contribution in [2.75, 3.05) is 26.2 Å². The molecule has 3 amide bonds. The third-order valence-corrected chi connectivity index (χ3v) is 6.72. The molecule has 1 saturated heterocycles. The molecule has 1 aliphatic rings. The molecule has 1 aromatic carbocycles. The highest BCUT2D eigenvalue weighted by Gasteiger charge is 2.33. The van der Waals surface area contributed by atoms with Crippen LogP contribution in [0.15, 0.2) is 29.2 Å². The lowest BCUT2D eigenvalue weighted by molar-refractivity contribution is -0.134. The monoisotopic (exact) mass is 416 g/mol. The lowest BCUT2D eigenvalue weighted by atomic mass is 10.0. The minimum absolute atomic E-state index is 0.0551. The molecule has 0 radical (unpaired) electrons. The minimum atomic E-state index is -3.73. The van der Waals surface area contributed by atoms with Gasteiger partial charge in [-0.05, 0) is 24.5 Å². The van der Waals surface area contributed by atoms with E-state index in [9.17, 15) is 18.0 Å². The predicted molar refractivity (Wildman–Crippen MR) is 103 cm³/mol. The number of hydrogen-bond acceptors (Lipinski definition) is 4. The summed E-state index contributed by atoms with van der Waals surface area (Å²) >= 11 is 6.02. The predicted octanol–water partition coefficient (Wildman–Crippen LogP) is 1.26. The number of sulfonamides is 1. The molecule has 1 fully saturated rings. The Morgan fingerprint density at radius 1 is 1.19 bits per heavy atom. The van der Waals surface area contributed by atoms with Gasteiger partial charge in [0.15, 0.2) is 0 Å². The molecule has 3 N–H and O–H groups in total. The molecule has 0 aliphatic carbocycles. The van der Waals surface area contributed by atoms with Crippen LogP contribution >= 0.6 is 11.6 Å². The second-order valence-corrected chi connectivity index (χ2v) is 9.16. The van der Waals surface area contributed by atoms with Crippen LogP contribution in [0.4, 0.5) is 4.79 Å². The first-order chi connectivity index (χ1) is 12.6. The summed E-state index contributed by atoms with van der Waals surface area (Å²) in [4.78, 5) is 25.5. The summed E-state index contributed by atoms with van der Waals surface area (Å²) in [6.45, 7) is 4.66. The molecule has 150 valence electrons. The second-order valence-electron chi connectivity index (χ2n) is 6.85. The average Bonchev–Trinajstić information content (AvgIpc) is 2.60. The van der Waals surface area contributed by atoms with Gasteiger partial charge in [-0.15, -0.1) is 0 Å². The molecule has 0 aromatic heterocycles. The summed E-state index contributed by atoms with van der Waals surface area (Å²) in [7, 11) is -3.73. The number of halogens is 1. The standard InChI is InChI=1S/C17H25ClN4O4S/c1-12(2)11-14(20-17(19)24)16(23)21-7-9-22(10-8-21)27(25,26)15-6-4-3-5-13(15)18/h3-6,12,14H,7-11H2,1-2H3,(H3,19,20,24). The summed E-state index contributed by atoms with van der Waals surface area (Å²) in [6.07, 6.45) is 0.458. The molecule has 1 atom stereocenters. The van der Waals surface area contributed by atoms with E-state index >= 15 is 0 Å². The Morgan fingerprint density at radius 3 is 2.30 bits per heavy atom. The third-order valence-electron chi connectivity index (χ3n) is 4.33. The lowest BCUT2D eigenvalue weighted by Crippen LogP contribution is -2.56. The highest BCUT2D eigenvalue weighted by atomic mass is 35.5. The van der Waals surface area contributed by atoms with Gasteiger partial charge in [0, 0.05) is 26.2 Å². The summed E-state index contributed by atoms with van der Waals surface area (Å²) in [5, 5.41) is 2.65. The van der Waals surface area contributed by atoms with Crippen LogP contribution in [0.25, 0.3) is 0 Å². The van der Waals surface area contributed by atoms with Gasteiger partial charge in [-0.1, -0.05) is 37.6 Å². The van der Waals surface area contributed by atoms with E-state index in [4.69, 9.17) is 17.3 Å². The van der Waals surface area contributed by atoms with E-state index in [1.54, 1.807) is 17.0 Å². The lowest BCUT2D eigenvalue weighted by Gasteiger charge is -2.36. The number of piperazine rings is 1. The largest absolute Gasteiger partial charge is 0.352 e. The number of amides is 3. The molecule has 0 bridgehead atoms. The van der Waals surface area contributed by atoms with E-state index < -0.39 is 22.1 Å². The summed E-state index contributed by atoms with van der Waals surface area (Å²) in [6, 6.07) is 4.80. The number of nitrogens with one attached hydrogen (secondary N) is 1. The number of benzene rings is 1. The number of primary amides is 1. The van der Waals surface area contributed by atoms with Gasteiger partial charge < -0.3 is 16.0 Å². The Hall–Kier alpha value is -1.84. The molecule has 1 unspecified atom stereocenters. The van der Waals surface area contributed by atoms with Crippen molar-refractivity contribution >= 4 is 33.6 Å². The summed E-state index contributed by atoms with van der Waals surface area (Å²) in [5.74, 6) is -0.0648. The number of hydrogen-bond donors (Lipinski definition) is 2. The first-order valence-corrected chi connectivity index (χ1v) is 10.5. The Bertz CT molecular complexity index is 792. The fourth-order valence-corrected chi connectivity index (χ4v) is 4.94. The molecular weight excluding hydrogens is 392 g/mol. The molecule has 1 aliphatic heterocycles. The number of carbonyl (C=O) groups is 2. The number of carbonyl (C=O) groups excluding carboxylic acids is 2. The second kappa shape index (κ2) is 8.90. The van der Waals surface area contributed by atoms with E-state index in [1.807, 2.05) is 13.8 Å². The fourth-order valence-electron chi connectivity index (χ4n) is 3.03. The maximum Gasteiger partial charge on any atom is 0.312 e. The van der Waals surface area contributed by atoms with Crippen LogP contribution in [0.5, 0.6) is 0 Å². The van der Waals surface area contributed by atoms with Crippen LogP contribution in [-0.2, 0) is 14.8 Å². The minimum Gasteiger partial charge on any atom is -0.352 e. The van der Waals surface area contributed by atoms with Gasteiger partial charge in [0.25, 0.3) is 0 Å². The Morgan fingerprint density at radius 2 is 1.78 bits per heavy atom. The quantitative estimate of drug-likeness (QED) is 0.726. The molecule has 0 spiro atoms. The topological polar surface area (TPSA) is 113 Å². The van der Waals surface area contributed by atoms with Crippen molar-refractivity contribution in [2.45, 2.75) is 31.2 Å². The smallest absolute Gasteiger partial charge is 0.312 e. The zero-order valence-corrected chi connectivity index (χ0v) is 17.0. The van der Waals surface area contributed by atoms with Crippen LogP contribution < -0.4 is 11.1 Å². The van der Waals surface area contributed by atoms with E-state index in [2.05, 4.69) is 5.32 Å². The summed E-state index contributed by atoms with van der Waals surface area (Å²) < 4.78 is 26.9. The maximum atomic E-state index is 12.8. The van der Waals surface area contributed by atoms with E-state index in [1.165, 1.54) is 16.4 Å². The molecular formula is C17H25ClN4O4S. The maximum absolute atomic E-state index is 12.8. The van der Waals surface area contributed by atoms with Crippen LogP contribution in [0.3, 0.4) is 0 Å². The van der Waals surface area contributed by atoms with Gasteiger partial charge >= 0.3 is 6.03 Å². The first kappa shape index (κ1) is 21.5. The fraction of sp³-hybridized carbons (Fsp3) is 0.529. The number of nitrogens with zero attached hydrogens (tertiary/aromatic N) is 2.